The number of hydrogen-bond donors (Lipinski definition) is 0. The standard InChI is InChI=1S/C21H33N/c1-3-4-5-6-7-8-9-10-11-16-21-20-15-13-12-14-19(20)17-18(2)22-21/h12-15,18H,3-11,16-17H2,1-2H3. The summed E-state index contributed by atoms with van der Waals surface area (Å²) in [5.74, 6) is 0. The summed E-state index contributed by atoms with van der Waals surface area (Å²) < 4.78 is 0. The molecule has 1 heterocycles. The van der Waals surface area contributed by atoms with Crippen molar-refractivity contribution in [3.05, 3.63) is 35.4 Å². The van der Waals surface area contributed by atoms with E-state index in [-0.39, 0.29) is 0 Å². The van der Waals surface area contributed by atoms with E-state index in [0.29, 0.717) is 6.04 Å². The molecule has 22 heavy (non-hydrogen) atoms. The summed E-state index contributed by atoms with van der Waals surface area (Å²) in [5, 5.41) is 0. The molecule has 1 unspecified atom stereocenters. The Morgan fingerprint density at radius 2 is 1.55 bits per heavy atom. The van der Waals surface area contributed by atoms with Crippen molar-refractivity contribution in [2.24, 2.45) is 4.99 Å². The van der Waals surface area contributed by atoms with Gasteiger partial charge >= 0.3 is 0 Å². The second kappa shape index (κ2) is 9.82. The number of aliphatic imine (C=N–C) groups is 1. The van der Waals surface area contributed by atoms with Gasteiger partial charge in [-0.05, 0) is 37.3 Å². The molecule has 0 saturated carbocycles. The molecule has 0 aromatic heterocycles. The van der Waals surface area contributed by atoms with E-state index < -0.39 is 0 Å². The van der Waals surface area contributed by atoms with E-state index in [0.717, 1.165) is 12.8 Å². The van der Waals surface area contributed by atoms with E-state index >= 15 is 0 Å². The number of rotatable bonds is 10. The van der Waals surface area contributed by atoms with Crippen molar-refractivity contribution in [2.45, 2.75) is 90.5 Å². The van der Waals surface area contributed by atoms with Crippen LogP contribution < -0.4 is 0 Å². The number of nitrogens with zero attached hydrogens (tertiary/aromatic N) is 1. The predicted molar refractivity (Wildman–Crippen MR) is 98.0 cm³/mol. The average molecular weight is 300 g/mol. The molecular formula is C21H33N. The van der Waals surface area contributed by atoms with E-state index in [1.54, 1.807) is 0 Å². The molecule has 1 nitrogen and oxygen atoms in total. The minimum Gasteiger partial charge on any atom is -0.286 e. The van der Waals surface area contributed by atoms with Crippen LogP contribution in [0.15, 0.2) is 29.3 Å². The highest BCUT2D eigenvalue weighted by Crippen LogP contribution is 2.22. The van der Waals surface area contributed by atoms with Crippen molar-refractivity contribution in [1.29, 1.82) is 0 Å². The molecule has 0 radical (unpaired) electrons. The largest absolute Gasteiger partial charge is 0.286 e. The molecule has 2 rings (SSSR count). The monoisotopic (exact) mass is 299 g/mol. The fourth-order valence-electron chi connectivity index (χ4n) is 3.48. The lowest BCUT2D eigenvalue weighted by molar-refractivity contribution is 0.568. The van der Waals surface area contributed by atoms with Crippen molar-refractivity contribution in [3.8, 4) is 0 Å². The second-order valence-corrected chi connectivity index (χ2v) is 6.86. The Kier molecular flexibility index (Phi) is 7.70. The first kappa shape index (κ1) is 17.2. The molecule has 1 atom stereocenters. The van der Waals surface area contributed by atoms with E-state index in [1.807, 2.05) is 0 Å². The normalized spacial score (nSPS) is 17.2. The topological polar surface area (TPSA) is 12.4 Å². The van der Waals surface area contributed by atoms with Crippen LogP contribution in [0.3, 0.4) is 0 Å². The van der Waals surface area contributed by atoms with Crippen LogP contribution in [0.2, 0.25) is 0 Å². The first-order valence-corrected chi connectivity index (χ1v) is 9.46. The molecule has 0 N–H and O–H groups in total. The molecule has 1 heteroatoms. The maximum atomic E-state index is 4.91. The van der Waals surface area contributed by atoms with Crippen LogP contribution in [-0.4, -0.2) is 11.8 Å². The van der Waals surface area contributed by atoms with E-state index in [4.69, 9.17) is 4.99 Å². The Hall–Kier alpha value is -1.11. The van der Waals surface area contributed by atoms with Gasteiger partial charge < -0.3 is 0 Å². The number of hydrogen-bond acceptors (Lipinski definition) is 1. The van der Waals surface area contributed by atoms with Gasteiger partial charge in [0.25, 0.3) is 0 Å². The third-order valence-corrected chi connectivity index (χ3v) is 4.74. The van der Waals surface area contributed by atoms with Crippen LogP contribution in [0.1, 0.15) is 89.2 Å². The quantitative estimate of drug-likeness (QED) is 0.447. The molecule has 122 valence electrons. The fourth-order valence-corrected chi connectivity index (χ4v) is 3.48. The predicted octanol–water partition coefficient (Wildman–Crippen LogP) is 6.34. The maximum Gasteiger partial charge on any atom is 0.0515 e. The highest BCUT2D eigenvalue weighted by atomic mass is 14.8. The summed E-state index contributed by atoms with van der Waals surface area (Å²) >= 11 is 0. The van der Waals surface area contributed by atoms with Gasteiger partial charge in [-0.3, -0.25) is 4.99 Å². The van der Waals surface area contributed by atoms with Crippen LogP contribution in [-0.2, 0) is 6.42 Å². The van der Waals surface area contributed by atoms with Crippen molar-refractivity contribution in [1.82, 2.24) is 0 Å². The van der Waals surface area contributed by atoms with Crippen LogP contribution in [0, 0.1) is 0 Å². The van der Waals surface area contributed by atoms with Crippen LogP contribution in [0.5, 0.6) is 0 Å². The summed E-state index contributed by atoms with van der Waals surface area (Å²) in [6, 6.07) is 9.31. The van der Waals surface area contributed by atoms with Crippen LogP contribution in [0.25, 0.3) is 0 Å². The molecule has 0 fully saturated rings. The number of fused-ring (bicyclic) bond motifs is 1. The van der Waals surface area contributed by atoms with Gasteiger partial charge in [0.15, 0.2) is 0 Å². The molecule has 1 aromatic carbocycles. The highest BCUT2D eigenvalue weighted by molar-refractivity contribution is 6.02. The van der Waals surface area contributed by atoms with Gasteiger partial charge in [0.05, 0.1) is 6.04 Å². The van der Waals surface area contributed by atoms with Gasteiger partial charge in [-0.1, -0.05) is 82.6 Å². The average Bonchev–Trinajstić information content (AvgIpc) is 2.53. The Labute approximate surface area is 137 Å². The summed E-state index contributed by atoms with van der Waals surface area (Å²) in [7, 11) is 0. The lowest BCUT2D eigenvalue weighted by Gasteiger charge is -2.21. The lowest BCUT2D eigenvalue weighted by atomic mass is 9.91. The summed E-state index contributed by atoms with van der Waals surface area (Å²) in [6.07, 6.45) is 14.8. The van der Waals surface area contributed by atoms with Gasteiger partial charge in [0.1, 0.15) is 0 Å². The fraction of sp³-hybridized carbons (Fsp3) is 0.667. The zero-order valence-corrected chi connectivity index (χ0v) is 14.6. The minimum absolute atomic E-state index is 0.462. The Morgan fingerprint density at radius 1 is 0.909 bits per heavy atom. The zero-order chi connectivity index (χ0) is 15.6. The summed E-state index contributed by atoms with van der Waals surface area (Å²) in [5.41, 5.74) is 4.27. The second-order valence-electron chi connectivity index (χ2n) is 6.86. The van der Waals surface area contributed by atoms with Crippen molar-refractivity contribution in [2.75, 3.05) is 0 Å². The van der Waals surface area contributed by atoms with Gasteiger partial charge in [-0.25, -0.2) is 0 Å². The van der Waals surface area contributed by atoms with E-state index in [1.165, 1.54) is 74.6 Å². The first-order valence-electron chi connectivity index (χ1n) is 9.46. The molecule has 1 aliphatic heterocycles. The van der Waals surface area contributed by atoms with Crippen molar-refractivity contribution >= 4 is 5.71 Å². The number of unbranched alkanes of at least 4 members (excludes halogenated alkanes) is 8. The summed E-state index contributed by atoms with van der Waals surface area (Å²) in [6.45, 7) is 4.53. The van der Waals surface area contributed by atoms with Gasteiger partial charge in [-0.2, -0.15) is 0 Å². The molecule has 0 amide bonds. The third-order valence-electron chi connectivity index (χ3n) is 4.74. The first-order chi connectivity index (χ1) is 10.8. The molecule has 0 aliphatic carbocycles. The Morgan fingerprint density at radius 3 is 2.27 bits per heavy atom. The van der Waals surface area contributed by atoms with Crippen LogP contribution in [0.4, 0.5) is 0 Å². The van der Waals surface area contributed by atoms with Crippen molar-refractivity contribution < 1.29 is 0 Å². The van der Waals surface area contributed by atoms with Crippen molar-refractivity contribution in [3.63, 3.8) is 0 Å². The third kappa shape index (κ3) is 5.59. The maximum absolute atomic E-state index is 4.91. The van der Waals surface area contributed by atoms with Gasteiger partial charge in [-0.15, -0.1) is 0 Å². The minimum atomic E-state index is 0.462. The van der Waals surface area contributed by atoms with E-state index in [2.05, 4.69) is 38.1 Å². The molecule has 0 spiro atoms. The Balaban J connectivity index is 1.65. The van der Waals surface area contributed by atoms with Crippen LogP contribution >= 0.6 is 0 Å². The van der Waals surface area contributed by atoms with Gasteiger partial charge in [0.2, 0.25) is 0 Å². The number of benzene rings is 1. The SMILES string of the molecule is CCCCCCCCCCCC1=NC(C)Cc2ccccc21. The summed E-state index contributed by atoms with van der Waals surface area (Å²) in [4.78, 5) is 4.91. The highest BCUT2D eigenvalue weighted by Gasteiger charge is 2.16. The molecule has 1 aliphatic rings. The molecular weight excluding hydrogens is 266 g/mol. The molecule has 0 saturated heterocycles. The molecule has 0 bridgehead atoms. The lowest BCUT2D eigenvalue weighted by Crippen LogP contribution is -2.18. The zero-order valence-electron chi connectivity index (χ0n) is 14.6. The Bertz CT molecular complexity index is 461. The smallest absolute Gasteiger partial charge is 0.0515 e. The van der Waals surface area contributed by atoms with E-state index in [9.17, 15) is 0 Å². The van der Waals surface area contributed by atoms with Gasteiger partial charge in [0, 0.05) is 5.71 Å². The molecule has 1 aromatic rings.